The van der Waals surface area contributed by atoms with Gasteiger partial charge in [-0.25, -0.2) is 9.59 Å². The number of hydrogen-bond acceptors (Lipinski definition) is 6. The lowest BCUT2D eigenvalue weighted by Crippen LogP contribution is -2.59. The van der Waals surface area contributed by atoms with Gasteiger partial charge < -0.3 is 10.5 Å². The van der Waals surface area contributed by atoms with Crippen LogP contribution in [0.4, 0.5) is 23.7 Å². The molecule has 9 nitrogen and oxygen atoms in total. The van der Waals surface area contributed by atoms with Crippen LogP contribution < -0.4 is 10.6 Å². The number of carbonyl (C=O) groups is 2. The van der Waals surface area contributed by atoms with Gasteiger partial charge in [0.15, 0.2) is 0 Å². The molecular weight excluding hydrogens is 561 g/mol. The molecule has 0 saturated carbocycles. The first-order valence-electron chi connectivity index (χ1n) is 13.5. The molecule has 1 aliphatic heterocycles. The molecule has 0 aromatic heterocycles. The number of amides is 2. The first-order valence-corrected chi connectivity index (χ1v) is 13.5. The average molecular weight is 595 g/mol. The summed E-state index contributed by atoms with van der Waals surface area (Å²) in [5, 5.41) is 18.3. The smallest absolute Gasteiger partial charge is 0.416 e. The Kier molecular flexibility index (Phi) is 10.8. The predicted molar refractivity (Wildman–Crippen MR) is 158 cm³/mol. The maximum atomic E-state index is 13.5. The van der Waals surface area contributed by atoms with E-state index in [1.807, 2.05) is 19.1 Å². The van der Waals surface area contributed by atoms with Gasteiger partial charge in [-0.15, -0.1) is 0 Å². The second-order valence-corrected chi connectivity index (χ2v) is 9.72. The summed E-state index contributed by atoms with van der Waals surface area (Å²) in [5.74, 6) is -1.35. The SMILES string of the molecule is CC/C=C\C=NCCCc1cc(C#N)ccc1CC1C(C(=O)OC)=C(C)N(c2cccc(C(F)(F)F)c2)C(=N)N1C(N)=O. The molecule has 3 N–H and O–H groups in total. The van der Waals surface area contributed by atoms with E-state index in [2.05, 4.69) is 11.1 Å². The number of ether oxygens (including phenoxy) is 1. The lowest BCUT2D eigenvalue weighted by atomic mass is 9.89. The summed E-state index contributed by atoms with van der Waals surface area (Å²) in [4.78, 5) is 32.2. The summed E-state index contributed by atoms with van der Waals surface area (Å²) >= 11 is 0. The zero-order valence-electron chi connectivity index (χ0n) is 24.1. The summed E-state index contributed by atoms with van der Waals surface area (Å²) in [6.45, 7) is 4.02. The summed E-state index contributed by atoms with van der Waals surface area (Å²) in [6.07, 6.45) is 3.01. The van der Waals surface area contributed by atoms with Crippen LogP contribution in [0.25, 0.3) is 0 Å². The fraction of sp³-hybridized carbons (Fsp3) is 0.323. The van der Waals surface area contributed by atoms with Crippen molar-refractivity contribution in [2.75, 3.05) is 18.6 Å². The van der Waals surface area contributed by atoms with Crippen molar-refractivity contribution in [3.63, 3.8) is 0 Å². The number of esters is 1. The second kappa shape index (κ2) is 14.3. The van der Waals surface area contributed by atoms with Crippen molar-refractivity contribution >= 4 is 29.9 Å². The molecule has 0 spiro atoms. The number of nitriles is 1. The number of primary amides is 1. The van der Waals surface area contributed by atoms with Crippen molar-refractivity contribution in [1.82, 2.24) is 4.90 Å². The van der Waals surface area contributed by atoms with Gasteiger partial charge >= 0.3 is 18.2 Å². The molecule has 12 heteroatoms. The van der Waals surface area contributed by atoms with E-state index in [1.165, 1.54) is 19.1 Å². The quantitative estimate of drug-likeness (QED) is 0.205. The van der Waals surface area contributed by atoms with E-state index >= 15 is 0 Å². The van der Waals surface area contributed by atoms with Gasteiger partial charge in [0, 0.05) is 24.1 Å². The van der Waals surface area contributed by atoms with Gasteiger partial charge in [0.05, 0.1) is 35.9 Å². The predicted octanol–water partition coefficient (Wildman–Crippen LogP) is 5.74. The molecule has 1 heterocycles. The number of nitrogens with zero attached hydrogens (tertiary/aromatic N) is 4. The number of urea groups is 1. The monoisotopic (exact) mass is 594 g/mol. The molecule has 1 unspecified atom stereocenters. The highest BCUT2D eigenvalue weighted by Crippen LogP contribution is 2.37. The van der Waals surface area contributed by atoms with Crippen LogP contribution in [0.2, 0.25) is 0 Å². The van der Waals surface area contributed by atoms with Gasteiger partial charge in [-0.1, -0.05) is 25.1 Å². The largest absolute Gasteiger partial charge is 0.466 e. The topological polar surface area (TPSA) is 136 Å². The lowest BCUT2D eigenvalue weighted by Gasteiger charge is -2.43. The third kappa shape index (κ3) is 7.68. The zero-order chi connectivity index (χ0) is 31.7. The number of nitrogens with one attached hydrogen (secondary N) is 1. The number of benzene rings is 2. The molecule has 0 aliphatic carbocycles. The van der Waals surface area contributed by atoms with Gasteiger partial charge in [0.25, 0.3) is 0 Å². The maximum Gasteiger partial charge on any atom is 0.416 e. The highest BCUT2D eigenvalue weighted by molar-refractivity contribution is 6.10. The van der Waals surface area contributed by atoms with Crippen molar-refractivity contribution in [3.8, 4) is 6.07 Å². The van der Waals surface area contributed by atoms with Crippen LogP contribution in [0.5, 0.6) is 0 Å². The van der Waals surface area contributed by atoms with Crippen molar-refractivity contribution in [2.45, 2.75) is 51.7 Å². The number of nitrogens with two attached hydrogens (primary N) is 1. The second-order valence-electron chi connectivity index (χ2n) is 9.72. The van der Waals surface area contributed by atoms with E-state index in [1.54, 1.807) is 24.4 Å². The Morgan fingerprint density at radius 3 is 2.58 bits per heavy atom. The van der Waals surface area contributed by atoms with E-state index in [4.69, 9.17) is 15.9 Å². The molecule has 1 aliphatic rings. The van der Waals surface area contributed by atoms with Crippen molar-refractivity contribution in [3.05, 3.63) is 88.1 Å². The zero-order valence-corrected chi connectivity index (χ0v) is 24.1. The number of aryl methyl sites for hydroxylation is 1. The van der Waals surface area contributed by atoms with Crippen molar-refractivity contribution < 1.29 is 27.5 Å². The van der Waals surface area contributed by atoms with Gasteiger partial charge in [-0.2, -0.15) is 18.4 Å². The Bertz CT molecular complexity index is 1510. The standard InChI is InChI=1S/C31H33F3N6O3/c1-4-5-6-14-38-15-8-9-22-16-21(19-35)12-13-23(22)17-26-27(28(41)43-3)20(2)39(29(36)40(26)30(37)42)25-11-7-10-24(18-25)31(32,33)34/h5-7,10-14,16,18,26,36H,4,8-9,15,17H2,1-3H3,(H2,37,42)/b6-5-,36-29?,38-14?. The number of alkyl halides is 3. The van der Waals surface area contributed by atoms with Gasteiger partial charge in [-0.3, -0.25) is 20.2 Å². The van der Waals surface area contributed by atoms with Crippen LogP contribution in [0, 0.1) is 16.7 Å². The van der Waals surface area contributed by atoms with Gasteiger partial charge in [0.1, 0.15) is 0 Å². The fourth-order valence-electron chi connectivity index (χ4n) is 4.92. The third-order valence-corrected chi connectivity index (χ3v) is 6.93. The van der Waals surface area contributed by atoms with Crippen molar-refractivity contribution in [1.29, 1.82) is 10.7 Å². The van der Waals surface area contributed by atoms with Gasteiger partial charge in [-0.05, 0) is 80.1 Å². The fourth-order valence-corrected chi connectivity index (χ4v) is 4.92. The molecule has 3 rings (SSSR count). The molecule has 1 atom stereocenters. The summed E-state index contributed by atoms with van der Waals surface area (Å²) in [6, 6.07) is 9.19. The van der Waals surface area contributed by atoms with E-state index in [0.29, 0.717) is 30.5 Å². The third-order valence-electron chi connectivity index (χ3n) is 6.93. The number of methoxy groups -OCH3 is 1. The molecule has 226 valence electrons. The Morgan fingerprint density at radius 2 is 1.95 bits per heavy atom. The van der Waals surface area contributed by atoms with Crippen LogP contribution in [-0.2, 0) is 28.5 Å². The van der Waals surface area contributed by atoms with E-state index in [-0.39, 0.29) is 23.4 Å². The van der Waals surface area contributed by atoms with Crippen LogP contribution >= 0.6 is 0 Å². The Morgan fingerprint density at radius 1 is 1.21 bits per heavy atom. The summed E-state index contributed by atoms with van der Waals surface area (Å²) in [5.41, 5.74) is 6.65. The van der Waals surface area contributed by atoms with E-state index < -0.39 is 35.7 Å². The van der Waals surface area contributed by atoms with E-state index in [0.717, 1.165) is 41.0 Å². The number of carbonyl (C=O) groups excluding carboxylic acids is 2. The minimum Gasteiger partial charge on any atom is -0.466 e. The molecule has 0 radical (unpaired) electrons. The Labute approximate surface area is 248 Å². The number of halogens is 3. The van der Waals surface area contributed by atoms with Crippen LogP contribution in [0.3, 0.4) is 0 Å². The molecule has 43 heavy (non-hydrogen) atoms. The molecule has 2 aromatic carbocycles. The molecule has 0 saturated heterocycles. The first kappa shape index (κ1) is 32.6. The van der Waals surface area contributed by atoms with Crippen LogP contribution in [0.15, 0.2) is 70.9 Å². The van der Waals surface area contributed by atoms with Crippen LogP contribution in [0.1, 0.15) is 48.9 Å². The first-order chi connectivity index (χ1) is 20.4. The number of anilines is 1. The molecule has 0 bridgehead atoms. The Balaban J connectivity index is 2.08. The number of guanidine groups is 1. The lowest BCUT2D eigenvalue weighted by molar-refractivity contribution is -0.138. The normalized spacial score (nSPS) is 15.8. The molecule has 0 fully saturated rings. The Hall–Kier alpha value is -4.92. The minimum atomic E-state index is -4.66. The van der Waals surface area contributed by atoms with Crippen LogP contribution in [-0.4, -0.2) is 48.8 Å². The number of hydrogen-bond donors (Lipinski definition) is 2. The van der Waals surface area contributed by atoms with Crippen molar-refractivity contribution in [2.24, 2.45) is 10.7 Å². The number of aliphatic imine (C=N–C) groups is 1. The summed E-state index contributed by atoms with van der Waals surface area (Å²) in [7, 11) is 1.15. The number of allylic oxidation sites excluding steroid dienone is 3. The molecule has 2 aromatic rings. The molecular formula is C31H33F3N6O3. The highest BCUT2D eigenvalue weighted by Gasteiger charge is 2.43. The maximum absolute atomic E-state index is 13.5. The number of rotatable bonds is 10. The average Bonchev–Trinajstić information content (AvgIpc) is 2.96. The minimum absolute atomic E-state index is 0.0209. The summed E-state index contributed by atoms with van der Waals surface area (Å²) < 4.78 is 45.5. The van der Waals surface area contributed by atoms with E-state index in [9.17, 15) is 28.0 Å². The molecule has 2 amide bonds. The van der Waals surface area contributed by atoms with Gasteiger partial charge in [0.2, 0.25) is 5.96 Å². The highest BCUT2D eigenvalue weighted by atomic mass is 19.4.